The topological polar surface area (TPSA) is 12.9 Å². The predicted octanol–water partition coefficient (Wildman–Crippen LogP) is 4.17. The summed E-state index contributed by atoms with van der Waals surface area (Å²) in [5.74, 6) is -0.191. The van der Waals surface area contributed by atoms with Crippen LogP contribution in [0.25, 0.3) is 0 Å². The van der Waals surface area contributed by atoms with Crippen LogP contribution in [-0.4, -0.2) is 4.98 Å². The molecule has 0 unspecified atom stereocenters. The van der Waals surface area contributed by atoms with Crippen molar-refractivity contribution in [3.05, 3.63) is 51.7 Å². The number of rotatable bonds is 2. The minimum atomic E-state index is -0.191. The van der Waals surface area contributed by atoms with E-state index in [9.17, 15) is 4.39 Å². The molecule has 0 saturated carbocycles. The Hall–Kier alpha value is -1.22. The molecule has 2 aromatic rings. The van der Waals surface area contributed by atoms with Crippen LogP contribution < -0.4 is 0 Å². The molecule has 0 saturated heterocycles. The number of hydrogen-bond donors (Lipinski definition) is 0. The Morgan fingerprint density at radius 3 is 2.35 bits per heavy atom. The van der Waals surface area contributed by atoms with E-state index in [1.165, 1.54) is 12.1 Å². The van der Waals surface area contributed by atoms with Crippen molar-refractivity contribution in [1.82, 2.24) is 4.98 Å². The van der Waals surface area contributed by atoms with Gasteiger partial charge in [-0.3, -0.25) is 0 Å². The molecule has 1 heterocycles. The third-order valence-electron chi connectivity index (χ3n) is 2.59. The highest BCUT2D eigenvalue weighted by Crippen LogP contribution is 2.25. The Morgan fingerprint density at radius 1 is 1.18 bits per heavy atom. The summed E-state index contributed by atoms with van der Waals surface area (Å²) in [7, 11) is 0. The molecule has 90 valence electrons. The number of nitrogens with zero attached hydrogens (tertiary/aromatic N) is 1. The van der Waals surface area contributed by atoms with Gasteiger partial charge in [-0.15, -0.1) is 11.3 Å². The minimum absolute atomic E-state index is 0.0948. The second-order valence-corrected chi connectivity index (χ2v) is 6.12. The van der Waals surface area contributed by atoms with Gasteiger partial charge in [0.1, 0.15) is 5.82 Å². The molecule has 0 N–H and O–H groups in total. The first-order valence-corrected chi connectivity index (χ1v) is 6.52. The zero-order valence-corrected chi connectivity index (χ0v) is 11.1. The second kappa shape index (κ2) is 4.57. The fourth-order valence-electron chi connectivity index (χ4n) is 1.51. The lowest BCUT2D eigenvalue weighted by Crippen LogP contribution is -2.11. The zero-order valence-electron chi connectivity index (χ0n) is 10.3. The van der Waals surface area contributed by atoms with Crippen molar-refractivity contribution >= 4 is 11.3 Å². The van der Waals surface area contributed by atoms with Gasteiger partial charge in [-0.1, -0.05) is 32.9 Å². The van der Waals surface area contributed by atoms with Crippen LogP contribution in [0.15, 0.2) is 29.6 Å². The van der Waals surface area contributed by atoms with Gasteiger partial charge >= 0.3 is 0 Å². The average molecular weight is 249 g/mol. The number of benzene rings is 1. The van der Waals surface area contributed by atoms with E-state index in [1.807, 2.05) is 12.1 Å². The number of aromatic nitrogens is 1. The molecule has 0 amide bonds. The van der Waals surface area contributed by atoms with Crippen LogP contribution in [0.1, 0.15) is 37.0 Å². The smallest absolute Gasteiger partial charge is 0.123 e. The number of hydrogen-bond acceptors (Lipinski definition) is 2. The van der Waals surface area contributed by atoms with Gasteiger partial charge in [0.25, 0.3) is 0 Å². The summed E-state index contributed by atoms with van der Waals surface area (Å²) in [6, 6.07) is 6.61. The lowest BCUT2D eigenvalue weighted by atomic mass is 9.93. The van der Waals surface area contributed by atoms with Gasteiger partial charge < -0.3 is 0 Å². The molecular formula is C14H16FNS. The van der Waals surface area contributed by atoms with Crippen LogP contribution >= 0.6 is 11.3 Å². The molecular weight excluding hydrogens is 233 g/mol. The first-order valence-electron chi connectivity index (χ1n) is 5.64. The van der Waals surface area contributed by atoms with Crippen molar-refractivity contribution < 1.29 is 4.39 Å². The van der Waals surface area contributed by atoms with Crippen molar-refractivity contribution in [3.63, 3.8) is 0 Å². The molecule has 0 fully saturated rings. The van der Waals surface area contributed by atoms with Crippen LogP contribution in [0.4, 0.5) is 4.39 Å². The average Bonchev–Trinajstić information content (AvgIpc) is 2.69. The quantitative estimate of drug-likeness (QED) is 0.778. The maximum atomic E-state index is 12.8. The molecule has 1 aromatic carbocycles. The first-order chi connectivity index (χ1) is 7.95. The van der Waals surface area contributed by atoms with Crippen molar-refractivity contribution in [2.24, 2.45) is 0 Å². The highest BCUT2D eigenvalue weighted by Gasteiger charge is 2.17. The second-order valence-electron chi connectivity index (χ2n) is 5.18. The molecule has 0 atom stereocenters. The highest BCUT2D eigenvalue weighted by molar-refractivity contribution is 7.09. The Morgan fingerprint density at radius 2 is 1.82 bits per heavy atom. The maximum absolute atomic E-state index is 12.8. The van der Waals surface area contributed by atoms with Crippen molar-refractivity contribution in [2.45, 2.75) is 32.6 Å². The molecule has 3 heteroatoms. The SMILES string of the molecule is CC(C)(C)c1csc(Cc2ccc(F)cc2)n1. The molecule has 1 aromatic heterocycles. The molecule has 0 radical (unpaired) electrons. The Labute approximate surface area is 105 Å². The van der Waals surface area contributed by atoms with E-state index in [4.69, 9.17) is 0 Å². The van der Waals surface area contributed by atoms with Gasteiger partial charge in [0, 0.05) is 17.2 Å². The minimum Gasteiger partial charge on any atom is -0.245 e. The molecule has 0 bridgehead atoms. The van der Waals surface area contributed by atoms with E-state index < -0.39 is 0 Å². The summed E-state index contributed by atoms with van der Waals surface area (Å²) in [5, 5.41) is 3.19. The maximum Gasteiger partial charge on any atom is 0.123 e. The number of halogens is 1. The fourth-order valence-corrected chi connectivity index (χ4v) is 2.57. The Balaban J connectivity index is 2.14. The summed E-state index contributed by atoms with van der Waals surface area (Å²) < 4.78 is 12.8. The van der Waals surface area contributed by atoms with Crippen LogP contribution in [0.2, 0.25) is 0 Å². The predicted molar refractivity (Wildman–Crippen MR) is 70.0 cm³/mol. The molecule has 0 aliphatic rings. The van der Waals surface area contributed by atoms with E-state index in [0.29, 0.717) is 0 Å². The van der Waals surface area contributed by atoms with Gasteiger partial charge in [-0.2, -0.15) is 0 Å². The van der Waals surface area contributed by atoms with Crippen LogP contribution in [0.5, 0.6) is 0 Å². The van der Waals surface area contributed by atoms with Gasteiger partial charge in [0.2, 0.25) is 0 Å². The lowest BCUT2D eigenvalue weighted by Gasteiger charge is -2.14. The normalized spacial score (nSPS) is 11.8. The number of thiazole rings is 1. The third-order valence-corrected chi connectivity index (χ3v) is 3.44. The van der Waals surface area contributed by atoms with Crippen LogP contribution in [0, 0.1) is 5.82 Å². The van der Waals surface area contributed by atoms with Gasteiger partial charge in [-0.25, -0.2) is 9.37 Å². The van der Waals surface area contributed by atoms with Crippen molar-refractivity contribution in [1.29, 1.82) is 0 Å². The molecule has 0 aliphatic heterocycles. The molecule has 1 nitrogen and oxygen atoms in total. The summed E-state index contributed by atoms with van der Waals surface area (Å²) in [6.07, 6.45) is 0.779. The van der Waals surface area contributed by atoms with Gasteiger partial charge in [0.05, 0.1) is 10.7 Å². The van der Waals surface area contributed by atoms with Gasteiger partial charge in [-0.05, 0) is 17.7 Å². The van der Waals surface area contributed by atoms with Crippen molar-refractivity contribution in [2.75, 3.05) is 0 Å². The Bertz CT molecular complexity index is 494. The molecule has 0 spiro atoms. The summed E-state index contributed by atoms with van der Waals surface area (Å²) in [4.78, 5) is 4.62. The fraction of sp³-hybridized carbons (Fsp3) is 0.357. The van der Waals surface area contributed by atoms with Crippen LogP contribution in [-0.2, 0) is 11.8 Å². The van der Waals surface area contributed by atoms with Crippen molar-refractivity contribution in [3.8, 4) is 0 Å². The summed E-state index contributed by atoms with van der Waals surface area (Å²) >= 11 is 1.67. The standard InChI is InChI=1S/C14H16FNS/c1-14(2,3)12-9-17-13(16-12)8-10-4-6-11(15)7-5-10/h4-7,9H,8H2,1-3H3. The van der Waals surface area contributed by atoms with Crippen LogP contribution in [0.3, 0.4) is 0 Å². The van der Waals surface area contributed by atoms with E-state index in [2.05, 4.69) is 31.1 Å². The molecule has 2 rings (SSSR count). The highest BCUT2D eigenvalue weighted by atomic mass is 32.1. The monoisotopic (exact) mass is 249 g/mol. The van der Waals surface area contributed by atoms with E-state index in [0.717, 1.165) is 22.7 Å². The largest absolute Gasteiger partial charge is 0.245 e. The summed E-state index contributed by atoms with van der Waals surface area (Å²) in [6.45, 7) is 6.47. The van der Waals surface area contributed by atoms with E-state index in [-0.39, 0.29) is 11.2 Å². The Kier molecular flexibility index (Phi) is 3.29. The first kappa shape index (κ1) is 12.2. The van der Waals surface area contributed by atoms with Gasteiger partial charge in [0.15, 0.2) is 0 Å². The lowest BCUT2D eigenvalue weighted by molar-refractivity contribution is 0.571. The summed E-state index contributed by atoms with van der Waals surface area (Å²) in [5.41, 5.74) is 2.32. The zero-order chi connectivity index (χ0) is 12.5. The molecule has 0 aliphatic carbocycles. The van der Waals surface area contributed by atoms with E-state index >= 15 is 0 Å². The van der Waals surface area contributed by atoms with E-state index in [1.54, 1.807) is 11.3 Å². The molecule has 17 heavy (non-hydrogen) atoms. The third kappa shape index (κ3) is 3.13.